The number of pyridine rings is 1. The van der Waals surface area contributed by atoms with Gasteiger partial charge in [0.25, 0.3) is 11.8 Å². The maximum absolute atomic E-state index is 13.3. The monoisotopic (exact) mass is 547 g/mol. The SMILES string of the molecule is COc1ccccc1C(=O)Nc1nc(-c2ccccc2O)cc(-c2cccc(C(=O)NCC3CCCN3)c2)c1C#N. The van der Waals surface area contributed by atoms with E-state index in [2.05, 4.69) is 27.0 Å². The predicted octanol–water partition coefficient (Wildman–Crippen LogP) is 4.74. The maximum atomic E-state index is 13.3. The third-order valence-corrected chi connectivity index (χ3v) is 7.00. The fourth-order valence-electron chi connectivity index (χ4n) is 4.89. The van der Waals surface area contributed by atoms with Gasteiger partial charge in [-0.3, -0.25) is 9.59 Å². The molecule has 5 rings (SSSR count). The van der Waals surface area contributed by atoms with E-state index in [1.54, 1.807) is 72.8 Å². The Bertz CT molecular complexity index is 1640. The molecule has 1 aliphatic heterocycles. The first-order valence-corrected chi connectivity index (χ1v) is 13.3. The highest BCUT2D eigenvalue weighted by Gasteiger charge is 2.21. The number of rotatable bonds is 8. The number of methoxy groups -OCH3 is 1. The molecule has 3 aromatic carbocycles. The largest absolute Gasteiger partial charge is 0.507 e. The van der Waals surface area contributed by atoms with E-state index in [9.17, 15) is 20.0 Å². The average molecular weight is 548 g/mol. The molecule has 1 unspecified atom stereocenters. The van der Waals surface area contributed by atoms with Gasteiger partial charge in [-0.1, -0.05) is 36.4 Å². The zero-order chi connectivity index (χ0) is 28.8. The third kappa shape index (κ3) is 6.03. The van der Waals surface area contributed by atoms with Crippen LogP contribution in [0.1, 0.15) is 39.1 Å². The van der Waals surface area contributed by atoms with Gasteiger partial charge in [0.05, 0.1) is 18.4 Å². The second-order valence-corrected chi connectivity index (χ2v) is 9.65. The summed E-state index contributed by atoms with van der Waals surface area (Å²) in [4.78, 5) is 30.9. The molecule has 2 heterocycles. The number of aromatic nitrogens is 1. The summed E-state index contributed by atoms with van der Waals surface area (Å²) in [6.07, 6.45) is 2.10. The third-order valence-electron chi connectivity index (χ3n) is 7.00. The number of carbonyl (C=O) groups excluding carboxylic acids is 2. The minimum absolute atomic E-state index is 0.00804. The van der Waals surface area contributed by atoms with E-state index in [0.29, 0.717) is 40.2 Å². The van der Waals surface area contributed by atoms with Crippen molar-refractivity contribution in [3.63, 3.8) is 0 Å². The number of anilines is 1. The molecule has 0 bridgehead atoms. The zero-order valence-electron chi connectivity index (χ0n) is 22.5. The first-order chi connectivity index (χ1) is 20.0. The molecule has 9 nitrogen and oxygen atoms in total. The molecule has 0 spiro atoms. The van der Waals surface area contributed by atoms with Crippen LogP contribution in [0.3, 0.4) is 0 Å². The molecule has 0 saturated carbocycles. The lowest BCUT2D eigenvalue weighted by atomic mass is 9.96. The Morgan fingerprint density at radius 3 is 2.61 bits per heavy atom. The van der Waals surface area contributed by atoms with Gasteiger partial charge < -0.3 is 25.8 Å². The fourth-order valence-corrected chi connectivity index (χ4v) is 4.89. The van der Waals surface area contributed by atoms with Crippen molar-refractivity contribution in [3.05, 3.63) is 95.6 Å². The molecular weight excluding hydrogens is 518 g/mol. The molecule has 2 amide bonds. The Labute approximate surface area is 237 Å². The summed E-state index contributed by atoms with van der Waals surface area (Å²) < 4.78 is 5.33. The number of aromatic hydroxyl groups is 1. The van der Waals surface area contributed by atoms with Crippen molar-refractivity contribution in [2.45, 2.75) is 18.9 Å². The molecule has 1 aliphatic rings. The van der Waals surface area contributed by atoms with E-state index in [4.69, 9.17) is 4.74 Å². The molecule has 1 saturated heterocycles. The molecule has 9 heteroatoms. The van der Waals surface area contributed by atoms with Gasteiger partial charge in [-0.05, 0) is 67.4 Å². The summed E-state index contributed by atoms with van der Waals surface area (Å²) >= 11 is 0. The van der Waals surface area contributed by atoms with Crippen molar-refractivity contribution in [1.29, 1.82) is 5.26 Å². The Hall–Kier alpha value is -5.20. The predicted molar refractivity (Wildman–Crippen MR) is 156 cm³/mol. The number of carbonyl (C=O) groups is 2. The minimum atomic E-state index is -0.513. The number of hydrogen-bond acceptors (Lipinski definition) is 7. The summed E-state index contributed by atoms with van der Waals surface area (Å²) in [7, 11) is 1.47. The summed E-state index contributed by atoms with van der Waals surface area (Å²) in [6, 6.07) is 24.4. The number of para-hydroxylation sites is 2. The number of phenols is 1. The first kappa shape index (κ1) is 27.4. The van der Waals surface area contributed by atoms with Gasteiger partial charge in [-0.25, -0.2) is 4.98 Å². The molecule has 0 aliphatic carbocycles. The van der Waals surface area contributed by atoms with Crippen LogP contribution in [-0.2, 0) is 0 Å². The maximum Gasteiger partial charge on any atom is 0.260 e. The Balaban J connectivity index is 1.57. The second kappa shape index (κ2) is 12.3. The van der Waals surface area contributed by atoms with Crippen LogP contribution >= 0.6 is 0 Å². The summed E-state index contributed by atoms with van der Waals surface area (Å²) in [5.41, 5.74) is 2.61. The minimum Gasteiger partial charge on any atom is -0.507 e. The molecule has 41 heavy (non-hydrogen) atoms. The molecule has 4 aromatic rings. The van der Waals surface area contributed by atoms with E-state index in [-0.39, 0.29) is 34.6 Å². The van der Waals surface area contributed by atoms with Crippen molar-refractivity contribution in [2.24, 2.45) is 0 Å². The lowest BCUT2D eigenvalue weighted by Gasteiger charge is -2.16. The summed E-state index contributed by atoms with van der Waals surface area (Å²) in [5, 5.41) is 29.9. The lowest BCUT2D eigenvalue weighted by Crippen LogP contribution is -2.37. The topological polar surface area (TPSA) is 136 Å². The van der Waals surface area contributed by atoms with E-state index in [1.165, 1.54) is 13.2 Å². The van der Waals surface area contributed by atoms with Crippen molar-refractivity contribution < 1.29 is 19.4 Å². The van der Waals surface area contributed by atoms with E-state index >= 15 is 0 Å². The van der Waals surface area contributed by atoms with Crippen molar-refractivity contribution >= 4 is 17.6 Å². The Kier molecular flexibility index (Phi) is 8.23. The van der Waals surface area contributed by atoms with Gasteiger partial charge in [-0.15, -0.1) is 0 Å². The van der Waals surface area contributed by atoms with Gasteiger partial charge in [0.1, 0.15) is 23.1 Å². The molecule has 206 valence electrons. The second-order valence-electron chi connectivity index (χ2n) is 9.65. The Morgan fingerprint density at radius 2 is 1.85 bits per heavy atom. The number of hydrogen-bond donors (Lipinski definition) is 4. The van der Waals surface area contributed by atoms with Crippen LogP contribution in [0.5, 0.6) is 11.5 Å². The molecule has 4 N–H and O–H groups in total. The highest BCUT2D eigenvalue weighted by atomic mass is 16.5. The van der Waals surface area contributed by atoms with Gasteiger partial charge >= 0.3 is 0 Å². The zero-order valence-corrected chi connectivity index (χ0v) is 22.5. The van der Waals surface area contributed by atoms with Crippen LogP contribution in [0, 0.1) is 11.3 Å². The van der Waals surface area contributed by atoms with E-state index in [1.807, 2.05) is 0 Å². The fraction of sp³-hybridized carbons (Fsp3) is 0.188. The average Bonchev–Trinajstić information content (AvgIpc) is 3.53. The molecule has 1 fully saturated rings. The quantitative estimate of drug-likeness (QED) is 0.250. The lowest BCUT2D eigenvalue weighted by molar-refractivity contribution is 0.0949. The van der Waals surface area contributed by atoms with Crippen LogP contribution in [-0.4, -0.2) is 48.1 Å². The standard InChI is InChI=1S/C32H29N5O4/c1-41-29-14-5-3-12-24(29)32(40)37-30-26(18-33)25(17-27(36-30)23-11-2-4-13-28(23)38)20-8-6-9-21(16-20)31(39)35-19-22-10-7-15-34-22/h2-6,8-9,11-14,16-17,22,34,38H,7,10,15,19H2,1H3,(H,35,39)(H,36,37,40). The van der Waals surface area contributed by atoms with Gasteiger partial charge in [-0.2, -0.15) is 5.26 Å². The van der Waals surface area contributed by atoms with Crippen molar-refractivity contribution in [3.8, 4) is 40.0 Å². The molecular formula is C32H29N5O4. The van der Waals surface area contributed by atoms with Gasteiger partial charge in [0.2, 0.25) is 0 Å². The molecule has 1 aromatic heterocycles. The van der Waals surface area contributed by atoms with Crippen LogP contribution in [0.25, 0.3) is 22.4 Å². The first-order valence-electron chi connectivity index (χ1n) is 13.3. The number of ether oxygens (including phenoxy) is 1. The van der Waals surface area contributed by atoms with Crippen LogP contribution in [0.15, 0.2) is 78.9 Å². The summed E-state index contributed by atoms with van der Waals surface area (Å²) in [5.74, 6) is -0.362. The number of nitriles is 1. The number of nitrogens with one attached hydrogen (secondary N) is 3. The Morgan fingerprint density at radius 1 is 1.05 bits per heavy atom. The van der Waals surface area contributed by atoms with Gasteiger partial charge in [0, 0.05) is 29.3 Å². The highest BCUT2D eigenvalue weighted by Crippen LogP contribution is 2.36. The summed E-state index contributed by atoms with van der Waals surface area (Å²) in [6.45, 7) is 1.47. The van der Waals surface area contributed by atoms with Crippen LogP contribution in [0.4, 0.5) is 5.82 Å². The van der Waals surface area contributed by atoms with Crippen molar-refractivity contribution in [2.75, 3.05) is 25.5 Å². The highest BCUT2D eigenvalue weighted by molar-refractivity contribution is 6.07. The van der Waals surface area contributed by atoms with E-state index < -0.39 is 5.91 Å². The number of nitrogens with zero attached hydrogens (tertiary/aromatic N) is 2. The number of phenolic OH excluding ortho intramolecular Hbond substituents is 1. The molecule has 0 radical (unpaired) electrons. The number of amides is 2. The van der Waals surface area contributed by atoms with Crippen LogP contribution in [0.2, 0.25) is 0 Å². The van der Waals surface area contributed by atoms with Crippen LogP contribution < -0.4 is 20.7 Å². The normalized spacial score (nSPS) is 14.2. The molecule has 1 atom stereocenters. The van der Waals surface area contributed by atoms with Gasteiger partial charge in [0.15, 0.2) is 5.82 Å². The van der Waals surface area contributed by atoms with Crippen molar-refractivity contribution in [1.82, 2.24) is 15.6 Å². The number of benzene rings is 3. The van der Waals surface area contributed by atoms with E-state index in [0.717, 1.165) is 19.4 Å². The smallest absolute Gasteiger partial charge is 0.260 e.